The summed E-state index contributed by atoms with van der Waals surface area (Å²) >= 11 is 5.78. The minimum atomic E-state index is -4.11. The van der Waals surface area contributed by atoms with Crippen molar-refractivity contribution in [3.8, 4) is 0 Å². The number of aromatic nitrogens is 1. The summed E-state index contributed by atoms with van der Waals surface area (Å²) in [5.74, 6) is -2.21. The van der Waals surface area contributed by atoms with Crippen molar-refractivity contribution < 1.29 is 37.1 Å². The highest BCUT2D eigenvalue weighted by Crippen LogP contribution is 2.41. The summed E-state index contributed by atoms with van der Waals surface area (Å²) in [6, 6.07) is 7.50. The van der Waals surface area contributed by atoms with Crippen molar-refractivity contribution in [1.29, 1.82) is 0 Å². The minimum Gasteiger partial charge on any atom is -0.350 e. The van der Waals surface area contributed by atoms with E-state index in [0.717, 1.165) is 4.90 Å². The lowest BCUT2D eigenvalue weighted by Crippen LogP contribution is -2.46. The van der Waals surface area contributed by atoms with E-state index in [1.54, 1.807) is 6.92 Å². The van der Waals surface area contributed by atoms with E-state index in [2.05, 4.69) is 5.32 Å². The first-order valence-electron chi connectivity index (χ1n) is 12.2. The topological polar surface area (TPSA) is 118 Å². The predicted octanol–water partition coefficient (Wildman–Crippen LogP) is 3.74. The zero-order chi connectivity index (χ0) is 28.5. The number of benzene rings is 2. The number of nitrogens with one attached hydrogen (secondary N) is 1. The molecule has 2 aromatic carbocycles. The molecule has 4 rings (SSSR count). The molecular formula is C26H27ClF2N3O6P. The largest absolute Gasteiger partial charge is 0.358 e. The van der Waals surface area contributed by atoms with Crippen molar-refractivity contribution >= 4 is 53.0 Å². The zero-order valence-corrected chi connectivity index (χ0v) is 22.8. The van der Waals surface area contributed by atoms with Gasteiger partial charge in [-0.2, -0.15) is 0 Å². The summed E-state index contributed by atoms with van der Waals surface area (Å²) in [6.07, 6.45) is -0.202. The van der Waals surface area contributed by atoms with E-state index in [0.29, 0.717) is 10.9 Å². The fraction of sp³-hybridized carbons (Fsp3) is 0.346. The van der Waals surface area contributed by atoms with E-state index in [-0.39, 0.29) is 59.9 Å². The van der Waals surface area contributed by atoms with E-state index in [1.807, 2.05) is 0 Å². The van der Waals surface area contributed by atoms with Crippen LogP contribution in [-0.2, 0) is 31.8 Å². The van der Waals surface area contributed by atoms with Gasteiger partial charge >= 0.3 is 7.60 Å². The molecule has 0 spiro atoms. The Bertz CT molecular complexity index is 1500. The molecule has 2 amide bonds. The standard InChI is InChI=1S/C26H27ClF2N3O6P/c1-3-38-39(36,37)18-7-8-22-19(10-18)20(15(2)33)13-31(22)14-24(34)32-12-17(28)9-23(32)26(35)30-11-16-5-4-6-21(27)25(16)29/h4-8,10,13,17,23H,3,9,11-12,14H2,1-2H3,(H,30,35)(H,36,37). The Hall–Kier alpha value is -3.11. The number of likely N-dealkylation sites (tertiary alicyclic amines) is 1. The number of fused-ring (bicyclic) bond motifs is 1. The third kappa shape index (κ3) is 6.06. The summed E-state index contributed by atoms with van der Waals surface area (Å²) in [4.78, 5) is 49.8. The van der Waals surface area contributed by atoms with Crippen LogP contribution in [0, 0.1) is 5.82 Å². The monoisotopic (exact) mass is 581 g/mol. The van der Waals surface area contributed by atoms with E-state index in [9.17, 15) is 32.6 Å². The molecule has 3 unspecified atom stereocenters. The number of carbonyl (C=O) groups is 3. The molecule has 3 aromatic rings. The molecule has 1 aromatic heterocycles. The molecular weight excluding hydrogens is 555 g/mol. The molecule has 0 bridgehead atoms. The summed E-state index contributed by atoms with van der Waals surface area (Å²) < 4.78 is 47.5. The fourth-order valence-electron chi connectivity index (χ4n) is 4.65. The Labute approximate surface area is 228 Å². The third-order valence-corrected chi connectivity index (χ3v) is 8.37. The van der Waals surface area contributed by atoms with Gasteiger partial charge in [-0.3, -0.25) is 18.9 Å². The van der Waals surface area contributed by atoms with Crippen LogP contribution < -0.4 is 10.6 Å². The van der Waals surface area contributed by atoms with Gasteiger partial charge in [0.05, 0.1) is 23.5 Å². The van der Waals surface area contributed by atoms with E-state index in [1.165, 1.54) is 54.1 Å². The van der Waals surface area contributed by atoms with Crippen LogP contribution in [0.5, 0.6) is 0 Å². The van der Waals surface area contributed by atoms with Crippen LogP contribution in [0.25, 0.3) is 10.9 Å². The number of amides is 2. The summed E-state index contributed by atoms with van der Waals surface area (Å²) in [5, 5.41) is 2.80. The highest BCUT2D eigenvalue weighted by molar-refractivity contribution is 7.61. The number of alkyl halides is 1. The minimum absolute atomic E-state index is 0.00360. The molecule has 208 valence electrons. The van der Waals surface area contributed by atoms with Crippen molar-refractivity contribution in [2.75, 3.05) is 13.2 Å². The zero-order valence-electron chi connectivity index (χ0n) is 21.2. The number of carbonyl (C=O) groups excluding carboxylic acids is 3. The maximum atomic E-state index is 14.4. The summed E-state index contributed by atoms with van der Waals surface area (Å²) in [6.45, 7) is 2.11. The molecule has 9 nitrogen and oxygen atoms in total. The first kappa shape index (κ1) is 28.9. The Balaban J connectivity index is 1.56. The van der Waals surface area contributed by atoms with E-state index in [4.69, 9.17) is 16.1 Å². The molecule has 0 saturated carbocycles. The second-order valence-corrected chi connectivity index (χ2v) is 11.4. The molecule has 0 aliphatic carbocycles. The molecule has 2 heterocycles. The van der Waals surface area contributed by atoms with Crippen LogP contribution in [0.4, 0.5) is 8.78 Å². The third-order valence-electron chi connectivity index (χ3n) is 6.54. The Morgan fingerprint density at radius 3 is 2.69 bits per heavy atom. The molecule has 39 heavy (non-hydrogen) atoms. The molecule has 0 radical (unpaired) electrons. The lowest BCUT2D eigenvalue weighted by atomic mass is 10.1. The average Bonchev–Trinajstić information content (AvgIpc) is 3.45. The van der Waals surface area contributed by atoms with Crippen molar-refractivity contribution in [2.24, 2.45) is 0 Å². The van der Waals surface area contributed by atoms with Crippen molar-refractivity contribution in [1.82, 2.24) is 14.8 Å². The molecule has 1 fully saturated rings. The lowest BCUT2D eigenvalue weighted by Gasteiger charge is -2.24. The van der Waals surface area contributed by atoms with Crippen LogP contribution in [0.3, 0.4) is 0 Å². The second kappa shape index (κ2) is 11.6. The van der Waals surface area contributed by atoms with Gasteiger partial charge < -0.3 is 24.2 Å². The smallest absolute Gasteiger partial charge is 0.350 e. The van der Waals surface area contributed by atoms with Gasteiger partial charge in [-0.15, -0.1) is 0 Å². The van der Waals surface area contributed by atoms with Crippen molar-refractivity contribution in [2.45, 2.75) is 45.6 Å². The van der Waals surface area contributed by atoms with Crippen molar-refractivity contribution in [3.05, 3.63) is 64.6 Å². The van der Waals surface area contributed by atoms with Gasteiger partial charge in [0.2, 0.25) is 11.8 Å². The molecule has 13 heteroatoms. The van der Waals surface area contributed by atoms with Gasteiger partial charge in [0.15, 0.2) is 5.78 Å². The number of hydrogen-bond acceptors (Lipinski definition) is 5. The van der Waals surface area contributed by atoms with Crippen LogP contribution >= 0.6 is 19.2 Å². The average molecular weight is 582 g/mol. The van der Waals surface area contributed by atoms with Gasteiger partial charge in [0.25, 0.3) is 0 Å². The van der Waals surface area contributed by atoms with Gasteiger partial charge in [-0.25, -0.2) is 8.78 Å². The quantitative estimate of drug-likeness (QED) is 0.294. The molecule has 1 saturated heterocycles. The Morgan fingerprint density at radius 2 is 2.00 bits per heavy atom. The number of ketones is 1. The van der Waals surface area contributed by atoms with E-state index >= 15 is 0 Å². The van der Waals surface area contributed by atoms with Crippen molar-refractivity contribution in [3.63, 3.8) is 0 Å². The van der Waals surface area contributed by atoms with Gasteiger partial charge in [-0.1, -0.05) is 23.7 Å². The number of rotatable bonds is 9. The fourth-order valence-corrected chi connectivity index (χ4v) is 5.90. The number of nitrogens with zero attached hydrogens (tertiary/aromatic N) is 2. The summed E-state index contributed by atoms with van der Waals surface area (Å²) in [7, 11) is -4.11. The maximum absolute atomic E-state index is 14.4. The molecule has 1 aliphatic heterocycles. The highest BCUT2D eigenvalue weighted by Gasteiger charge is 2.40. The first-order valence-corrected chi connectivity index (χ1v) is 14.1. The summed E-state index contributed by atoms with van der Waals surface area (Å²) in [5.41, 5.74) is 0.802. The van der Waals surface area contributed by atoms with E-state index < -0.39 is 37.4 Å². The number of hydrogen-bond donors (Lipinski definition) is 2. The van der Waals surface area contributed by atoms with Crippen LogP contribution in [0.2, 0.25) is 5.02 Å². The highest BCUT2D eigenvalue weighted by atomic mass is 35.5. The Kier molecular flexibility index (Phi) is 8.56. The number of Topliss-reactive ketones (excluding diaryl/α,β-unsaturated/α-hetero) is 1. The normalized spacial score (nSPS) is 18.8. The van der Waals surface area contributed by atoms with Gasteiger partial charge in [-0.05, 0) is 38.1 Å². The Morgan fingerprint density at radius 1 is 1.26 bits per heavy atom. The lowest BCUT2D eigenvalue weighted by molar-refractivity contribution is -0.139. The first-order chi connectivity index (χ1) is 18.4. The number of halogens is 3. The van der Waals surface area contributed by atoms with Gasteiger partial charge in [0, 0.05) is 41.2 Å². The molecule has 1 aliphatic rings. The van der Waals surface area contributed by atoms with Crippen LogP contribution in [0.1, 0.15) is 36.2 Å². The molecule has 3 atom stereocenters. The van der Waals surface area contributed by atoms with Gasteiger partial charge in [0.1, 0.15) is 24.6 Å². The predicted molar refractivity (Wildman–Crippen MR) is 141 cm³/mol. The SMILES string of the molecule is CCOP(=O)(O)c1ccc2c(c1)c(C(C)=O)cn2CC(=O)N1CC(F)CC1C(=O)NCc1cccc(Cl)c1F. The second-order valence-electron chi connectivity index (χ2n) is 9.19. The molecule has 2 N–H and O–H groups in total. The van der Waals surface area contributed by atoms with Crippen LogP contribution in [-0.4, -0.2) is 57.3 Å². The maximum Gasteiger partial charge on any atom is 0.358 e. The van der Waals surface area contributed by atoms with Crippen LogP contribution in [0.15, 0.2) is 42.6 Å².